The highest BCUT2D eigenvalue weighted by Crippen LogP contribution is 2.20. The maximum Gasteiger partial charge on any atom is 0.260 e. The maximum absolute atomic E-state index is 12.9. The summed E-state index contributed by atoms with van der Waals surface area (Å²) >= 11 is 0. The highest BCUT2D eigenvalue weighted by atomic mass is 16.1. The topological polar surface area (TPSA) is 63.6 Å². The zero-order chi connectivity index (χ0) is 15.1. The third-order valence-electron chi connectivity index (χ3n) is 3.97. The van der Waals surface area contributed by atoms with Crippen molar-refractivity contribution in [2.24, 2.45) is 0 Å². The van der Waals surface area contributed by atoms with Crippen molar-refractivity contribution in [3.05, 3.63) is 70.8 Å². The van der Waals surface area contributed by atoms with Gasteiger partial charge in [0, 0.05) is 23.5 Å². The molecule has 5 nitrogen and oxygen atoms in total. The van der Waals surface area contributed by atoms with Crippen LogP contribution in [-0.2, 0) is 6.54 Å². The van der Waals surface area contributed by atoms with Crippen molar-refractivity contribution in [2.75, 3.05) is 0 Å². The smallest absolute Gasteiger partial charge is 0.260 e. The van der Waals surface area contributed by atoms with E-state index in [1.165, 1.54) is 0 Å². The molecule has 0 aliphatic carbocycles. The average Bonchev–Trinajstić information content (AvgIpc) is 2.94. The van der Waals surface area contributed by atoms with E-state index in [-0.39, 0.29) is 5.56 Å². The Morgan fingerprint density at radius 1 is 1.18 bits per heavy atom. The molecule has 22 heavy (non-hydrogen) atoms. The third-order valence-corrected chi connectivity index (χ3v) is 3.97. The van der Waals surface area contributed by atoms with Gasteiger partial charge in [0.1, 0.15) is 0 Å². The second-order valence-corrected chi connectivity index (χ2v) is 5.33. The molecule has 0 fully saturated rings. The van der Waals surface area contributed by atoms with Crippen LogP contribution in [0.15, 0.2) is 53.8 Å². The number of H-pyrrole nitrogens is 1. The van der Waals surface area contributed by atoms with Crippen LogP contribution in [0.2, 0.25) is 0 Å². The second-order valence-electron chi connectivity index (χ2n) is 5.33. The lowest BCUT2D eigenvalue weighted by atomic mass is 10.1. The van der Waals surface area contributed by atoms with Crippen molar-refractivity contribution in [3.8, 4) is 0 Å². The molecule has 5 heteroatoms. The fourth-order valence-corrected chi connectivity index (χ4v) is 2.73. The van der Waals surface area contributed by atoms with E-state index in [2.05, 4.69) is 15.0 Å². The lowest BCUT2D eigenvalue weighted by Gasteiger charge is -2.08. The Hall–Kier alpha value is -2.95. The normalized spacial score (nSPS) is 11.3. The summed E-state index contributed by atoms with van der Waals surface area (Å²) in [7, 11) is 0. The number of imidazole rings is 1. The zero-order valence-corrected chi connectivity index (χ0v) is 12.1. The lowest BCUT2D eigenvalue weighted by Crippen LogP contribution is -2.21. The molecule has 4 rings (SSSR count). The molecule has 3 heterocycles. The lowest BCUT2D eigenvalue weighted by molar-refractivity contribution is 0.746. The Morgan fingerprint density at radius 2 is 2.05 bits per heavy atom. The molecule has 0 bridgehead atoms. The van der Waals surface area contributed by atoms with Gasteiger partial charge in [0.2, 0.25) is 0 Å². The summed E-state index contributed by atoms with van der Waals surface area (Å²) in [5, 5.41) is 2.57. The Labute approximate surface area is 126 Å². The molecule has 0 saturated carbocycles. The highest BCUT2D eigenvalue weighted by Gasteiger charge is 2.10. The molecule has 0 atom stereocenters. The molecular weight excluding hydrogens is 276 g/mol. The molecule has 0 spiro atoms. The average molecular weight is 290 g/mol. The standard InChI is InChI=1S/C17H14N4O/c1-11-15(20-10-19-11)9-21-7-6-14-16(17(21)22)13-5-3-2-4-12(13)8-18-14/h2-8,10H,9H2,1H3,(H,19,20). The number of nitrogens with zero attached hydrogens (tertiary/aromatic N) is 3. The maximum atomic E-state index is 12.9. The zero-order valence-electron chi connectivity index (χ0n) is 12.1. The largest absolute Gasteiger partial charge is 0.348 e. The molecule has 108 valence electrons. The minimum atomic E-state index is -0.0378. The van der Waals surface area contributed by atoms with Gasteiger partial charge in [-0.05, 0) is 18.4 Å². The van der Waals surface area contributed by atoms with Gasteiger partial charge in [0.05, 0.1) is 29.5 Å². The van der Waals surface area contributed by atoms with Gasteiger partial charge in [0.25, 0.3) is 5.56 Å². The quantitative estimate of drug-likeness (QED) is 0.577. The van der Waals surface area contributed by atoms with Crippen molar-refractivity contribution in [2.45, 2.75) is 13.5 Å². The third kappa shape index (κ3) is 1.90. The molecule has 0 radical (unpaired) electrons. The second kappa shape index (κ2) is 4.80. The van der Waals surface area contributed by atoms with Crippen molar-refractivity contribution < 1.29 is 0 Å². The van der Waals surface area contributed by atoms with Crippen LogP contribution in [0.4, 0.5) is 0 Å². The monoisotopic (exact) mass is 290 g/mol. The first kappa shape index (κ1) is 12.8. The van der Waals surface area contributed by atoms with Crippen molar-refractivity contribution in [3.63, 3.8) is 0 Å². The van der Waals surface area contributed by atoms with E-state index in [1.54, 1.807) is 23.3 Å². The summed E-state index contributed by atoms with van der Waals surface area (Å²) in [5.41, 5.74) is 2.53. The number of rotatable bonds is 2. The number of aromatic amines is 1. The van der Waals surface area contributed by atoms with E-state index >= 15 is 0 Å². The number of hydrogen-bond donors (Lipinski definition) is 1. The fourth-order valence-electron chi connectivity index (χ4n) is 2.73. The Balaban J connectivity index is 1.98. The summed E-state index contributed by atoms with van der Waals surface area (Å²) in [4.78, 5) is 24.6. The van der Waals surface area contributed by atoms with Crippen LogP contribution in [0.3, 0.4) is 0 Å². The minimum Gasteiger partial charge on any atom is -0.348 e. The number of aromatic nitrogens is 4. The number of aryl methyl sites for hydroxylation is 1. The van der Waals surface area contributed by atoms with Gasteiger partial charge >= 0.3 is 0 Å². The molecule has 0 unspecified atom stereocenters. The van der Waals surface area contributed by atoms with E-state index in [1.807, 2.05) is 37.3 Å². The van der Waals surface area contributed by atoms with Crippen LogP contribution in [-0.4, -0.2) is 19.5 Å². The van der Waals surface area contributed by atoms with Crippen LogP contribution < -0.4 is 5.56 Å². The van der Waals surface area contributed by atoms with E-state index in [0.29, 0.717) is 11.9 Å². The van der Waals surface area contributed by atoms with E-state index in [9.17, 15) is 4.79 Å². The number of pyridine rings is 2. The molecule has 0 amide bonds. The predicted molar refractivity (Wildman–Crippen MR) is 85.9 cm³/mol. The number of hydrogen-bond acceptors (Lipinski definition) is 3. The molecule has 0 aliphatic heterocycles. The SMILES string of the molecule is Cc1[nH]cnc1Cn1ccc2ncc3ccccc3c2c1=O. The number of benzene rings is 1. The molecule has 0 aliphatic rings. The highest BCUT2D eigenvalue weighted by molar-refractivity contribution is 6.04. The van der Waals surface area contributed by atoms with Crippen LogP contribution in [0.1, 0.15) is 11.4 Å². The summed E-state index contributed by atoms with van der Waals surface area (Å²) < 4.78 is 1.68. The van der Waals surface area contributed by atoms with Crippen LogP contribution >= 0.6 is 0 Å². The predicted octanol–water partition coefficient (Wildman–Crippen LogP) is 2.63. The molecule has 1 aromatic carbocycles. The molecule has 4 aromatic rings. The number of nitrogens with one attached hydrogen (secondary N) is 1. The van der Waals surface area contributed by atoms with Crippen molar-refractivity contribution >= 4 is 21.7 Å². The Morgan fingerprint density at radius 3 is 2.86 bits per heavy atom. The Bertz CT molecular complexity index is 1050. The molecule has 1 N–H and O–H groups in total. The van der Waals surface area contributed by atoms with Crippen LogP contribution in [0.5, 0.6) is 0 Å². The van der Waals surface area contributed by atoms with Crippen molar-refractivity contribution in [1.29, 1.82) is 0 Å². The summed E-state index contributed by atoms with van der Waals surface area (Å²) in [5.74, 6) is 0. The summed E-state index contributed by atoms with van der Waals surface area (Å²) in [6.45, 7) is 2.40. The fraction of sp³-hybridized carbons (Fsp3) is 0.118. The molecule has 3 aromatic heterocycles. The number of fused-ring (bicyclic) bond motifs is 3. The van der Waals surface area contributed by atoms with Crippen molar-refractivity contribution in [1.82, 2.24) is 19.5 Å². The molecular formula is C17H14N4O. The van der Waals surface area contributed by atoms with E-state index in [0.717, 1.165) is 27.7 Å². The van der Waals surface area contributed by atoms with Gasteiger partial charge in [-0.15, -0.1) is 0 Å². The first-order chi connectivity index (χ1) is 10.7. The van der Waals surface area contributed by atoms with Gasteiger partial charge in [-0.3, -0.25) is 9.78 Å². The first-order valence-electron chi connectivity index (χ1n) is 7.10. The van der Waals surface area contributed by atoms with Gasteiger partial charge in [-0.2, -0.15) is 0 Å². The van der Waals surface area contributed by atoms with E-state index < -0.39 is 0 Å². The van der Waals surface area contributed by atoms with Gasteiger partial charge in [-0.25, -0.2) is 4.98 Å². The summed E-state index contributed by atoms with van der Waals surface area (Å²) in [6, 6.07) is 9.70. The minimum absolute atomic E-state index is 0.0378. The molecule has 0 saturated heterocycles. The summed E-state index contributed by atoms with van der Waals surface area (Å²) in [6.07, 6.45) is 5.23. The van der Waals surface area contributed by atoms with Gasteiger partial charge < -0.3 is 9.55 Å². The van der Waals surface area contributed by atoms with Crippen LogP contribution in [0, 0.1) is 6.92 Å². The first-order valence-corrected chi connectivity index (χ1v) is 7.10. The van der Waals surface area contributed by atoms with Gasteiger partial charge in [-0.1, -0.05) is 24.3 Å². The Kier molecular flexibility index (Phi) is 2.79. The van der Waals surface area contributed by atoms with Gasteiger partial charge in [0.15, 0.2) is 0 Å². The van der Waals surface area contributed by atoms with Crippen LogP contribution in [0.25, 0.3) is 21.7 Å². The van der Waals surface area contributed by atoms with E-state index in [4.69, 9.17) is 0 Å².